The van der Waals surface area contributed by atoms with E-state index in [0.717, 1.165) is 5.56 Å². The van der Waals surface area contributed by atoms with Crippen molar-refractivity contribution >= 4 is 0 Å². The molecule has 0 aliphatic heterocycles. The van der Waals surface area contributed by atoms with Gasteiger partial charge in [0.2, 0.25) is 0 Å². The summed E-state index contributed by atoms with van der Waals surface area (Å²) in [5.74, 6) is 0.407. The summed E-state index contributed by atoms with van der Waals surface area (Å²) < 4.78 is 18.6. The maximum atomic E-state index is 6.21. The summed E-state index contributed by atoms with van der Waals surface area (Å²) >= 11 is 0. The highest BCUT2D eigenvalue weighted by molar-refractivity contribution is 5.40. The third-order valence-electron chi connectivity index (χ3n) is 6.22. The molecule has 4 aromatic rings. The van der Waals surface area contributed by atoms with E-state index in [9.17, 15) is 0 Å². The molecule has 0 saturated heterocycles. The van der Waals surface area contributed by atoms with Crippen LogP contribution in [0.2, 0.25) is 0 Å². The quantitative estimate of drug-likeness (QED) is 0.194. The first-order valence-electron chi connectivity index (χ1n) is 12.7. The smallest absolute Gasteiger partial charge is 0.0728 e. The molecule has 0 spiro atoms. The van der Waals surface area contributed by atoms with Gasteiger partial charge in [0.05, 0.1) is 39.6 Å². The van der Waals surface area contributed by atoms with Crippen molar-refractivity contribution in [1.82, 2.24) is 0 Å². The predicted molar refractivity (Wildman–Crippen MR) is 145 cm³/mol. The fourth-order valence-corrected chi connectivity index (χ4v) is 4.15. The Bertz CT molecular complexity index is 1100. The van der Waals surface area contributed by atoms with Crippen molar-refractivity contribution in [1.29, 1.82) is 0 Å². The molecule has 0 amide bonds. The summed E-state index contributed by atoms with van der Waals surface area (Å²) in [7, 11) is 0. The standard InChI is InChI=1S/C33H36O3/c1-26(2)30-18-31(23-34-20-27-12-6-3-7-13-27)33(25-36-22-29-16-10-5-11-17-29)32(19-30)24-35-21-28-14-8-4-9-15-28/h3-19,26H,20-25H2,1-2H3. The molecule has 0 bridgehead atoms. The highest BCUT2D eigenvalue weighted by Gasteiger charge is 2.14. The van der Waals surface area contributed by atoms with Crippen molar-refractivity contribution in [3.8, 4) is 0 Å². The monoisotopic (exact) mass is 480 g/mol. The average Bonchev–Trinajstić information content (AvgIpc) is 2.91. The highest BCUT2D eigenvalue weighted by atomic mass is 16.5. The van der Waals surface area contributed by atoms with Gasteiger partial charge >= 0.3 is 0 Å². The van der Waals surface area contributed by atoms with Crippen molar-refractivity contribution in [2.45, 2.75) is 59.4 Å². The zero-order chi connectivity index (χ0) is 25.0. The first kappa shape index (κ1) is 25.8. The van der Waals surface area contributed by atoms with Crippen LogP contribution in [0.1, 0.15) is 58.7 Å². The molecule has 0 radical (unpaired) electrons. The Morgan fingerprint density at radius 1 is 0.472 bits per heavy atom. The van der Waals surface area contributed by atoms with Gasteiger partial charge in [-0.25, -0.2) is 0 Å². The Morgan fingerprint density at radius 2 is 0.833 bits per heavy atom. The molecule has 0 atom stereocenters. The minimum absolute atomic E-state index is 0.407. The number of hydrogen-bond acceptors (Lipinski definition) is 3. The minimum atomic E-state index is 0.407. The average molecular weight is 481 g/mol. The van der Waals surface area contributed by atoms with Gasteiger partial charge in [-0.1, -0.05) is 117 Å². The van der Waals surface area contributed by atoms with E-state index in [4.69, 9.17) is 14.2 Å². The van der Waals surface area contributed by atoms with Crippen LogP contribution in [0.25, 0.3) is 0 Å². The summed E-state index contributed by atoms with van der Waals surface area (Å²) in [6, 6.07) is 35.5. The Balaban J connectivity index is 1.52. The molecule has 4 aromatic carbocycles. The molecule has 0 fully saturated rings. The van der Waals surface area contributed by atoms with Crippen LogP contribution in [0, 0.1) is 0 Å². The third kappa shape index (κ3) is 7.89. The van der Waals surface area contributed by atoms with Crippen molar-refractivity contribution in [2.24, 2.45) is 0 Å². The molecule has 186 valence electrons. The van der Waals surface area contributed by atoms with Crippen LogP contribution in [-0.2, 0) is 53.9 Å². The summed E-state index contributed by atoms with van der Waals surface area (Å²) in [5.41, 5.74) is 8.30. The Kier molecular flexibility index (Phi) is 9.87. The molecule has 3 heteroatoms. The van der Waals surface area contributed by atoms with E-state index in [0.29, 0.717) is 45.6 Å². The molecule has 0 aromatic heterocycles. The lowest BCUT2D eigenvalue weighted by molar-refractivity contribution is 0.0856. The second-order valence-corrected chi connectivity index (χ2v) is 9.41. The van der Waals surface area contributed by atoms with E-state index < -0.39 is 0 Å². The zero-order valence-electron chi connectivity index (χ0n) is 21.4. The lowest BCUT2D eigenvalue weighted by Crippen LogP contribution is -2.09. The molecule has 0 unspecified atom stereocenters. The lowest BCUT2D eigenvalue weighted by atomic mass is 9.93. The van der Waals surface area contributed by atoms with Gasteiger partial charge in [-0.15, -0.1) is 0 Å². The molecule has 4 rings (SSSR count). The van der Waals surface area contributed by atoms with Crippen LogP contribution in [-0.4, -0.2) is 0 Å². The molecule has 0 N–H and O–H groups in total. The second kappa shape index (κ2) is 13.7. The van der Waals surface area contributed by atoms with E-state index >= 15 is 0 Å². The third-order valence-corrected chi connectivity index (χ3v) is 6.22. The van der Waals surface area contributed by atoms with Gasteiger partial charge in [0, 0.05) is 0 Å². The highest BCUT2D eigenvalue weighted by Crippen LogP contribution is 2.26. The molecule has 0 heterocycles. The van der Waals surface area contributed by atoms with E-state index in [-0.39, 0.29) is 0 Å². The van der Waals surface area contributed by atoms with Crippen molar-refractivity contribution in [3.05, 3.63) is 142 Å². The van der Waals surface area contributed by atoms with Gasteiger partial charge in [0.25, 0.3) is 0 Å². The topological polar surface area (TPSA) is 27.7 Å². The van der Waals surface area contributed by atoms with Gasteiger partial charge in [0.1, 0.15) is 0 Å². The summed E-state index contributed by atoms with van der Waals surface area (Å²) in [4.78, 5) is 0. The van der Waals surface area contributed by atoms with Gasteiger partial charge in [-0.05, 0) is 44.9 Å². The molecule has 3 nitrogen and oxygen atoms in total. The van der Waals surface area contributed by atoms with Crippen molar-refractivity contribution < 1.29 is 14.2 Å². The van der Waals surface area contributed by atoms with E-state index in [1.165, 1.54) is 33.4 Å². The van der Waals surface area contributed by atoms with Gasteiger partial charge in [-0.2, -0.15) is 0 Å². The summed E-state index contributed by atoms with van der Waals surface area (Å²) in [6.07, 6.45) is 0. The number of rotatable bonds is 13. The number of ether oxygens (including phenoxy) is 3. The number of benzene rings is 4. The first-order chi connectivity index (χ1) is 17.7. The molecule has 0 aliphatic rings. The van der Waals surface area contributed by atoms with E-state index in [1.54, 1.807) is 0 Å². The van der Waals surface area contributed by atoms with Crippen LogP contribution in [0.3, 0.4) is 0 Å². The largest absolute Gasteiger partial charge is 0.372 e. The summed E-state index contributed by atoms with van der Waals surface area (Å²) in [6.45, 7) is 7.76. The van der Waals surface area contributed by atoms with Crippen molar-refractivity contribution in [3.63, 3.8) is 0 Å². The van der Waals surface area contributed by atoms with E-state index in [1.807, 2.05) is 54.6 Å². The van der Waals surface area contributed by atoms with Gasteiger partial charge in [0.15, 0.2) is 0 Å². The Labute approximate surface area is 215 Å². The normalized spacial score (nSPS) is 11.2. The molecule has 36 heavy (non-hydrogen) atoms. The molecule has 0 saturated carbocycles. The van der Waals surface area contributed by atoms with Crippen LogP contribution in [0.5, 0.6) is 0 Å². The maximum Gasteiger partial charge on any atom is 0.0728 e. The fraction of sp³-hybridized carbons (Fsp3) is 0.273. The predicted octanol–water partition coefficient (Wildman–Crippen LogP) is 7.96. The Morgan fingerprint density at radius 3 is 1.19 bits per heavy atom. The van der Waals surface area contributed by atoms with E-state index in [2.05, 4.69) is 62.4 Å². The fourth-order valence-electron chi connectivity index (χ4n) is 4.15. The second-order valence-electron chi connectivity index (χ2n) is 9.41. The zero-order valence-corrected chi connectivity index (χ0v) is 21.4. The van der Waals surface area contributed by atoms with Gasteiger partial charge in [-0.3, -0.25) is 0 Å². The van der Waals surface area contributed by atoms with Crippen molar-refractivity contribution in [2.75, 3.05) is 0 Å². The van der Waals surface area contributed by atoms with Crippen LogP contribution in [0.15, 0.2) is 103 Å². The lowest BCUT2D eigenvalue weighted by Gasteiger charge is -2.20. The summed E-state index contributed by atoms with van der Waals surface area (Å²) in [5, 5.41) is 0. The SMILES string of the molecule is CC(C)c1cc(COCc2ccccc2)c(COCc2ccccc2)c(COCc2ccccc2)c1. The van der Waals surface area contributed by atoms with Crippen LogP contribution >= 0.6 is 0 Å². The maximum absolute atomic E-state index is 6.21. The number of hydrogen-bond donors (Lipinski definition) is 0. The molecular formula is C33H36O3. The molecule has 0 aliphatic carbocycles. The molecular weight excluding hydrogens is 444 g/mol. The minimum Gasteiger partial charge on any atom is -0.372 e. The Hall–Kier alpha value is -3.24. The van der Waals surface area contributed by atoms with Gasteiger partial charge < -0.3 is 14.2 Å². The van der Waals surface area contributed by atoms with Crippen LogP contribution in [0.4, 0.5) is 0 Å². The van der Waals surface area contributed by atoms with Crippen LogP contribution < -0.4 is 0 Å². The first-order valence-corrected chi connectivity index (χ1v) is 12.7.